The Balaban J connectivity index is 1.93. The SMILES string of the molecule is CCC(O)c1ccc(N(C)CC2CCN(C)C2)cc1. The van der Waals surface area contributed by atoms with E-state index >= 15 is 0 Å². The molecule has 1 aliphatic heterocycles. The fourth-order valence-electron chi connectivity index (χ4n) is 2.85. The van der Waals surface area contributed by atoms with Crippen LogP contribution in [-0.2, 0) is 0 Å². The molecule has 3 nitrogen and oxygen atoms in total. The second-order valence-corrected chi connectivity index (χ2v) is 5.81. The number of aliphatic hydroxyl groups excluding tert-OH is 1. The Morgan fingerprint density at radius 3 is 2.58 bits per heavy atom. The molecule has 2 atom stereocenters. The number of anilines is 1. The molecule has 1 aromatic carbocycles. The molecule has 2 rings (SSSR count). The van der Waals surface area contributed by atoms with Gasteiger partial charge >= 0.3 is 0 Å². The summed E-state index contributed by atoms with van der Waals surface area (Å²) < 4.78 is 0. The highest BCUT2D eigenvalue weighted by atomic mass is 16.3. The van der Waals surface area contributed by atoms with Crippen molar-refractivity contribution in [3.8, 4) is 0 Å². The van der Waals surface area contributed by atoms with Gasteiger partial charge in [-0.05, 0) is 50.0 Å². The van der Waals surface area contributed by atoms with Gasteiger partial charge in [0.15, 0.2) is 0 Å². The second-order valence-electron chi connectivity index (χ2n) is 5.81. The Morgan fingerprint density at radius 2 is 2.05 bits per heavy atom. The van der Waals surface area contributed by atoms with E-state index in [1.807, 2.05) is 19.1 Å². The van der Waals surface area contributed by atoms with Gasteiger partial charge in [-0.1, -0.05) is 19.1 Å². The molecule has 1 saturated heterocycles. The minimum absolute atomic E-state index is 0.331. The van der Waals surface area contributed by atoms with Crippen LogP contribution in [0.15, 0.2) is 24.3 Å². The number of benzene rings is 1. The molecule has 1 N–H and O–H groups in total. The molecule has 0 aliphatic carbocycles. The zero-order valence-corrected chi connectivity index (χ0v) is 12.3. The number of rotatable bonds is 5. The van der Waals surface area contributed by atoms with E-state index in [-0.39, 0.29) is 6.10 Å². The minimum atomic E-state index is -0.331. The summed E-state index contributed by atoms with van der Waals surface area (Å²) in [5.74, 6) is 0.774. The largest absolute Gasteiger partial charge is 0.388 e. The van der Waals surface area contributed by atoms with E-state index in [0.29, 0.717) is 0 Å². The number of nitrogens with zero attached hydrogens (tertiary/aromatic N) is 2. The van der Waals surface area contributed by atoms with E-state index in [1.54, 1.807) is 0 Å². The highest BCUT2D eigenvalue weighted by Crippen LogP contribution is 2.22. The van der Waals surface area contributed by atoms with Crippen LogP contribution in [0.3, 0.4) is 0 Å². The Bertz CT molecular complexity index is 390. The fraction of sp³-hybridized carbons (Fsp3) is 0.625. The van der Waals surface area contributed by atoms with Crippen molar-refractivity contribution in [3.05, 3.63) is 29.8 Å². The number of hydrogen-bond donors (Lipinski definition) is 1. The summed E-state index contributed by atoms with van der Waals surface area (Å²) >= 11 is 0. The van der Waals surface area contributed by atoms with Crippen LogP contribution >= 0.6 is 0 Å². The molecule has 1 fully saturated rings. The number of hydrogen-bond acceptors (Lipinski definition) is 3. The summed E-state index contributed by atoms with van der Waals surface area (Å²) in [6.07, 6.45) is 1.74. The van der Waals surface area contributed by atoms with E-state index in [2.05, 4.69) is 36.0 Å². The van der Waals surface area contributed by atoms with E-state index in [1.165, 1.54) is 25.2 Å². The van der Waals surface area contributed by atoms with Gasteiger partial charge in [-0.3, -0.25) is 0 Å². The lowest BCUT2D eigenvalue weighted by Crippen LogP contribution is -2.27. The van der Waals surface area contributed by atoms with Gasteiger partial charge in [0, 0.05) is 25.8 Å². The smallest absolute Gasteiger partial charge is 0.0787 e. The molecular formula is C16H26N2O. The van der Waals surface area contributed by atoms with E-state index < -0.39 is 0 Å². The topological polar surface area (TPSA) is 26.7 Å². The lowest BCUT2D eigenvalue weighted by Gasteiger charge is -2.23. The van der Waals surface area contributed by atoms with Gasteiger partial charge in [-0.2, -0.15) is 0 Å². The Labute approximate surface area is 116 Å². The zero-order valence-electron chi connectivity index (χ0n) is 12.3. The molecule has 2 unspecified atom stereocenters. The minimum Gasteiger partial charge on any atom is -0.388 e. The molecule has 0 spiro atoms. The third-order valence-corrected chi connectivity index (χ3v) is 4.13. The average Bonchev–Trinajstić information content (AvgIpc) is 2.83. The standard InChI is InChI=1S/C16H26N2O/c1-4-16(19)14-5-7-15(8-6-14)18(3)12-13-9-10-17(2)11-13/h5-8,13,16,19H,4,9-12H2,1-3H3. The van der Waals surface area contributed by atoms with Crippen molar-refractivity contribution in [2.75, 3.05) is 38.6 Å². The third-order valence-electron chi connectivity index (χ3n) is 4.13. The van der Waals surface area contributed by atoms with Crippen LogP contribution in [0.4, 0.5) is 5.69 Å². The van der Waals surface area contributed by atoms with E-state index in [0.717, 1.165) is 24.4 Å². The first-order valence-electron chi connectivity index (χ1n) is 7.28. The predicted octanol–water partition coefficient (Wildman–Crippen LogP) is 2.52. The fourth-order valence-corrected chi connectivity index (χ4v) is 2.85. The van der Waals surface area contributed by atoms with E-state index in [4.69, 9.17) is 0 Å². The molecule has 0 amide bonds. The van der Waals surface area contributed by atoms with Crippen molar-refractivity contribution in [1.29, 1.82) is 0 Å². The summed E-state index contributed by atoms with van der Waals surface area (Å²) in [5, 5.41) is 9.80. The van der Waals surface area contributed by atoms with Crippen molar-refractivity contribution in [1.82, 2.24) is 4.90 Å². The Kier molecular flexibility index (Phi) is 4.83. The molecule has 1 aliphatic rings. The first kappa shape index (κ1) is 14.4. The van der Waals surface area contributed by atoms with E-state index in [9.17, 15) is 5.11 Å². The summed E-state index contributed by atoms with van der Waals surface area (Å²) in [6.45, 7) is 5.54. The van der Waals surface area contributed by atoms with Crippen molar-refractivity contribution >= 4 is 5.69 Å². The highest BCUT2D eigenvalue weighted by Gasteiger charge is 2.20. The van der Waals surface area contributed by atoms with Crippen molar-refractivity contribution in [2.45, 2.75) is 25.9 Å². The maximum absolute atomic E-state index is 9.80. The summed E-state index contributed by atoms with van der Waals surface area (Å²) in [4.78, 5) is 4.73. The second kappa shape index (κ2) is 6.40. The van der Waals surface area contributed by atoms with Gasteiger partial charge in [0.1, 0.15) is 0 Å². The summed E-state index contributed by atoms with van der Waals surface area (Å²) in [7, 11) is 4.35. The van der Waals surface area contributed by atoms with Gasteiger partial charge in [0.05, 0.1) is 6.10 Å². The van der Waals surface area contributed by atoms with Gasteiger partial charge in [-0.15, -0.1) is 0 Å². The Morgan fingerprint density at radius 1 is 1.37 bits per heavy atom. The van der Waals surface area contributed by atoms with Crippen LogP contribution in [0.2, 0.25) is 0 Å². The van der Waals surface area contributed by atoms with Crippen molar-refractivity contribution < 1.29 is 5.11 Å². The molecule has 1 heterocycles. The molecule has 1 aromatic rings. The maximum atomic E-state index is 9.80. The summed E-state index contributed by atoms with van der Waals surface area (Å²) in [5.41, 5.74) is 2.25. The van der Waals surface area contributed by atoms with Gasteiger partial charge in [0.25, 0.3) is 0 Å². The zero-order chi connectivity index (χ0) is 13.8. The molecule has 0 bridgehead atoms. The first-order chi connectivity index (χ1) is 9.10. The monoisotopic (exact) mass is 262 g/mol. The highest BCUT2D eigenvalue weighted by molar-refractivity contribution is 5.47. The van der Waals surface area contributed by atoms with Crippen LogP contribution in [-0.4, -0.2) is 43.7 Å². The lowest BCUT2D eigenvalue weighted by molar-refractivity contribution is 0.173. The van der Waals surface area contributed by atoms with Crippen LogP contribution in [0, 0.1) is 5.92 Å². The molecule has 19 heavy (non-hydrogen) atoms. The quantitative estimate of drug-likeness (QED) is 0.883. The average molecular weight is 262 g/mol. The van der Waals surface area contributed by atoms with Crippen LogP contribution in [0.5, 0.6) is 0 Å². The molecular weight excluding hydrogens is 236 g/mol. The van der Waals surface area contributed by atoms with Gasteiger partial charge < -0.3 is 14.9 Å². The van der Waals surface area contributed by atoms with Crippen molar-refractivity contribution in [3.63, 3.8) is 0 Å². The molecule has 0 saturated carbocycles. The lowest BCUT2D eigenvalue weighted by atomic mass is 10.1. The van der Waals surface area contributed by atoms with Crippen LogP contribution < -0.4 is 4.90 Å². The normalized spacial score (nSPS) is 21.6. The third kappa shape index (κ3) is 3.71. The molecule has 0 aromatic heterocycles. The number of aliphatic hydroxyl groups is 1. The van der Waals surface area contributed by atoms with Crippen molar-refractivity contribution in [2.24, 2.45) is 5.92 Å². The molecule has 106 valence electrons. The molecule has 0 radical (unpaired) electrons. The van der Waals surface area contributed by atoms with Crippen LogP contribution in [0.25, 0.3) is 0 Å². The maximum Gasteiger partial charge on any atom is 0.0787 e. The Hall–Kier alpha value is -1.06. The molecule has 3 heteroatoms. The van der Waals surface area contributed by atoms with Gasteiger partial charge in [0.2, 0.25) is 0 Å². The predicted molar refractivity (Wildman–Crippen MR) is 80.6 cm³/mol. The first-order valence-corrected chi connectivity index (χ1v) is 7.28. The summed E-state index contributed by atoms with van der Waals surface area (Å²) in [6, 6.07) is 8.32. The number of likely N-dealkylation sites (tertiary alicyclic amines) is 1. The van der Waals surface area contributed by atoms with Gasteiger partial charge in [-0.25, -0.2) is 0 Å². The van der Waals surface area contributed by atoms with Crippen LogP contribution in [0.1, 0.15) is 31.4 Å².